The van der Waals surface area contributed by atoms with Crippen molar-refractivity contribution in [2.75, 3.05) is 52.4 Å². The highest BCUT2D eigenvalue weighted by Crippen LogP contribution is 2.29. The molecule has 1 aliphatic heterocycles. The highest BCUT2D eigenvalue weighted by atomic mass is 16.5. The smallest absolute Gasteiger partial charge is 0.253 e. The Morgan fingerprint density at radius 3 is 2.09 bits per heavy atom. The Morgan fingerprint density at radius 2 is 1.44 bits per heavy atom. The van der Waals surface area contributed by atoms with E-state index in [0.717, 1.165) is 30.1 Å². The second-order valence-corrected chi connectivity index (χ2v) is 7.94. The number of ether oxygens (including phenoxy) is 4. The molecule has 1 heterocycles. The molecule has 1 amide bonds. The van der Waals surface area contributed by atoms with E-state index in [4.69, 9.17) is 18.9 Å². The van der Waals surface area contributed by atoms with Crippen molar-refractivity contribution in [3.05, 3.63) is 77.9 Å². The molecule has 178 valence electrons. The molecule has 1 fully saturated rings. The number of carbonyl (C=O) groups is 1. The standard InChI is InChI=1S/C27H30N2O5/c1-31-23-11-9-22(10-12-23)28-14-16-29(17-15-28)27(30)20-8-13-24(32-2)21(18-20)19-34-26-7-5-4-6-25(26)33-3/h4-13,18H,14-17,19H2,1-3H3. The first-order valence-corrected chi connectivity index (χ1v) is 11.2. The Bertz CT molecular complexity index is 1110. The normalized spacial score (nSPS) is 13.4. The summed E-state index contributed by atoms with van der Waals surface area (Å²) in [7, 11) is 4.88. The lowest BCUT2D eigenvalue weighted by Gasteiger charge is -2.36. The van der Waals surface area contributed by atoms with Crippen LogP contribution in [-0.2, 0) is 6.61 Å². The Morgan fingerprint density at radius 1 is 0.765 bits per heavy atom. The van der Waals surface area contributed by atoms with E-state index in [2.05, 4.69) is 4.90 Å². The maximum Gasteiger partial charge on any atom is 0.253 e. The van der Waals surface area contributed by atoms with E-state index < -0.39 is 0 Å². The van der Waals surface area contributed by atoms with E-state index in [1.165, 1.54) is 0 Å². The van der Waals surface area contributed by atoms with Crippen LogP contribution < -0.4 is 23.8 Å². The first-order chi connectivity index (χ1) is 16.6. The zero-order chi connectivity index (χ0) is 23.9. The summed E-state index contributed by atoms with van der Waals surface area (Å²) in [5.74, 6) is 2.82. The third-order valence-electron chi connectivity index (χ3n) is 5.98. The molecule has 0 aliphatic carbocycles. The fraction of sp³-hybridized carbons (Fsp3) is 0.296. The predicted octanol–water partition coefficient (Wildman–Crippen LogP) is 4.25. The lowest BCUT2D eigenvalue weighted by Crippen LogP contribution is -2.48. The number of benzene rings is 3. The number of hydrogen-bond acceptors (Lipinski definition) is 6. The highest BCUT2D eigenvalue weighted by molar-refractivity contribution is 5.94. The van der Waals surface area contributed by atoms with E-state index in [1.54, 1.807) is 21.3 Å². The SMILES string of the molecule is COc1ccc(N2CCN(C(=O)c3ccc(OC)c(COc4ccccc4OC)c3)CC2)cc1. The van der Waals surface area contributed by atoms with Gasteiger partial charge in [-0.15, -0.1) is 0 Å². The molecule has 3 aromatic carbocycles. The summed E-state index contributed by atoms with van der Waals surface area (Å²) in [6.07, 6.45) is 0. The van der Waals surface area contributed by atoms with Crippen molar-refractivity contribution in [2.45, 2.75) is 6.61 Å². The molecule has 4 rings (SSSR count). The molecule has 0 atom stereocenters. The minimum absolute atomic E-state index is 0.00979. The molecule has 3 aromatic rings. The van der Waals surface area contributed by atoms with Crippen LogP contribution in [0.4, 0.5) is 5.69 Å². The number of piperazine rings is 1. The van der Waals surface area contributed by atoms with Gasteiger partial charge in [-0.3, -0.25) is 4.79 Å². The van der Waals surface area contributed by atoms with Gasteiger partial charge in [0.15, 0.2) is 11.5 Å². The van der Waals surface area contributed by atoms with Crippen molar-refractivity contribution in [2.24, 2.45) is 0 Å². The van der Waals surface area contributed by atoms with Crippen LogP contribution in [0.1, 0.15) is 15.9 Å². The number of amides is 1. The van der Waals surface area contributed by atoms with Crippen molar-refractivity contribution in [3.63, 3.8) is 0 Å². The second-order valence-electron chi connectivity index (χ2n) is 7.94. The van der Waals surface area contributed by atoms with Gasteiger partial charge in [-0.05, 0) is 54.6 Å². The van der Waals surface area contributed by atoms with Gasteiger partial charge < -0.3 is 28.7 Å². The van der Waals surface area contributed by atoms with Crippen LogP contribution in [0.15, 0.2) is 66.7 Å². The number of nitrogens with zero attached hydrogens (tertiary/aromatic N) is 2. The average molecular weight is 463 g/mol. The number of para-hydroxylation sites is 2. The molecule has 0 N–H and O–H groups in total. The fourth-order valence-corrected chi connectivity index (χ4v) is 4.06. The quantitative estimate of drug-likeness (QED) is 0.499. The van der Waals surface area contributed by atoms with Crippen molar-refractivity contribution in [1.29, 1.82) is 0 Å². The monoisotopic (exact) mass is 462 g/mol. The third-order valence-corrected chi connectivity index (χ3v) is 5.98. The van der Waals surface area contributed by atoms with Gasteiger partial charge in [0.1, 0.15) is 18.1 Å². The van der Waals surface area contributed by atoms with Gasteiger partial charge in [0.2, 0.25) is 0 Å². The number of methoxy groups -OCH3 is 3. The second kappa shape index (κ2) is 10.8. The summed E-state index contributed by atoms with van der Waals surface area (Å²) < 4.78 is 22.1. The molecule has 0 bridgehead atoms. The Labute approximate surface area is 200 Å². The third kappa shape index (κ3) is 5.20. The van der Waals surface area contributed by atoms with Crippen LogP contribution in [-0.4, -0.2) is 58.3 Å². The molecular formula is C27H30N2O5. The van der Waals surface area contributed by atoms with Crippen LogP contribution in [0.25, 0.3) is 0 Å². The topological polar surface area (TPSA) is 60.5 Å². The summed E-state index contributed by atoms with van der Waals surface area (Å²) in [4.78, 5) is 17.4. The molecule has 7 heteroatoms. The molecule has 0 unspecified atom stereocenters. The average Bonchev–Trinajstić information content (AvgIpc) is 2.91. The maximum atomic E-state index is 13.2. The largest absolute Gasteiger partial charge is 0.497 e. The van der Waals surface area contributed by atoms with Gasteiger partial charge in [-0.1, -0.05) is 12.1 Å². The van der Waals surface area contributed by atoms with Gasteiger partial charge in [-0.2, -0.15) is 0 Å². The molecule has 34 heavy (non-hydrogen) atoms. The number of carbonyl (C=O) groups excluding carboxylic acids is 1. The number of rotatable bonds is 8. The maximum absolute atomic E-state index is 13.2. The van der Waals surface area contributed by atoms with Crippen LogP contribution in [0.3, 0.4) is 0 Å². The minimum Gasteiger partial charge on any atom is -0.497 e. The first-order valence-electron chi connectivity index (χ1n) is 11.2. The Balaban J connectivity index is 1.42. The Kier molecular flexibility index (Phi) is 7.42. The zero-order valence-corrected chi connectivity index (χ0v) is 19.8. The van der Waals surface area contributed by atoms with E-state index in [1.807, 2.05) is 71.6 Å². The minimum atomic E-state index is 0.00979. The van der Waals surface area contributed by atoms with E-state index in [0.29, 0.717) is 35.9 Å². The van der Waals surface area contributed by atoms with Crippen molar-refractivity contribution in [1.82, 2.24) is 4.90 Å². The van der Waals surface area contributed by atoms with E-state index in [9.17, 15) is 4.79 Å². The summed E-state index contributed by atoms with van der Waals surface area (Å²) in [6, 6.07) is 21.0. The van der Waals surface area contributed by atoms with Gasteiger partial charge in [0.25, 0.3) is 5.91 Å². The zero-order valence-electron chi connectivity index (χ0n) is 19.8. The fourth-order valence-electron chi connectivity index (χ4n) is 4.06. The summed E-state index contributed by atoms with van der Waals surface area (Å²) in [5, 5.41) is 0. The van der Waals surface area contributed by atoms with Crippen molar-refractivity contribution < 1.29 is 23.7 Å². The molecule has 7 nitrogen and oxygen atoms in total. The molecule has 0 saturated carbocycles. The molecule has 0 aromatic heterocycles. The molecular weight excluding hydrogens is 432 g/mol. The first kappa shape index (κ1) is 23.3. The predicted molar refractivity (Wildman–Crippen MR) is 131 cm³/mol. The summed E-state index contributed by atoms with van der Waals surface area (Å²) in [6.45, 7) is 3.12. The summed E-state index contributed by atoms with van der Waals surface area (Å²) in [5.41, 5.74) is 2.56. The van der Waals surface area contributed by atoms with Crippen LogP contribution in [0, 0.1) is 0 Å². The van der Waals surface area contributed by atoms with Crippen LogP contribution >= 0.6 is 0 Å². The van der Waals surface area contributed by atoms with E-state index >= 15 is 0 Å². The highest BCUT2D eigenvalue weighted by Gasteiger charge is 2.23. The lowest BCUT2D eigenvalue weighted by molar-refractivity contribution is 0.0746. The van der Waals surface area contributed by atoms with Crippen LogP contribution in [0.2, 0.25) is 0 Å². The Hall–Kier alpha value is -3.87. The van der Waals surface area contributed by atoms with Gasteiger partial charge in [-0.25, -0.2) is 0 Å². The van der Waals surface area contributed by atoms with Crippen molar-refractivity contribution >= 4 is 11.6 Å². The molecule has 1 aliphatic rings. The lowest BCUT2D eigenvalue weighted by atomic mass is 10.1. The molecule has 0 spiro atoms. The van der Waals surface area contributed by atoms with Crippen LogP contribution in [0.5, 0.6) is 23.0 Å². The van der Waals surface area contributed by atoms with Gasteiger partial charge >= 0.3 is 0 Å². The molecule has 1 saturated heterocycles. The number of hydrogen-bond donors (Lipinski definition) is 0. The number of anilines is 1. The van der Waals surface area contributed by atoms with Gasteiger partial charge in [0.05, 0.1) is 21.3 Å². The summed E-state index contributed by atoms with van der Waals surface area (Å²) >= 11 is 0. The molecule has 0 radical (unpaired) electrons. The van der Waals surface area contributed by atoms with E-state index in [-0.39, 0.29) is 12.5 Å². The van der Waals surface area contributed by atoms with Gasteiger partial charge in [0, 0.05) is 43.0 Å². The van der Waals surface area contributed by atoms with Crippen molar-refractivity contribution in [3.8, 4) is 23.0 Å².